The summed E-state index contributed by atoms with van der Waals surface area (Å²) in [6, 6.07) is 13.8. The van der Waals surface area contributed by atoms with Crippen LogP contribution in [-0.4, -0.2) is 39.5 Å². The van der Waals surface area contributed by atoms with Crippen LogP contribution in [0.4, 0.5) is 27.7 Å². The molecule has 10 nitrogen and oxygen atoms in total. The molecule has 3 aromatic rings. The average molecular weight is 448 g/mol. The number of pyridine rings is 2. The van der Waals surface area contributed by atoms with Gasteiger partial charge >= 0.3 is 12.0 Å². The Kier molecular flexibility index (Phi) is 7.90. The molecule has 0 aliphatic heterocycles. The van der Waals surface area contributed by atoms with Crippen LogP contribution in [0.2, 0.25) is 0 Å². The first kappa shape index (κ1) is 23.2. The lowest BCUT2D eigenvalue weighted by Crippen LogP contribution is -2.28. The highest BCUT2D eigenvalue weighted by Gasteiger charge is 2.15. The molecule has 0 radical (unpaired) electrons. The zero-order valence-corrected chi connectivity index (χ0v) is 18.0. The number of para-hydroxylation sites is 1. The summed E-state index contributed by atoms with van der Waals surface area (Å²) in [6.07, 6.45) is 3.13. The van der Waals surface area contributed by atoms with Crippen LogP contribution >= 0.6 is 0 Å². The van der Waals surface area contributed by atoms with Crippen LogP contribution in [0.5, 0.6) is 0 Å². The molecule has 10 heteroatoms. The van der Waals surface area contributed by atoms with Crippen LogP contribution in [0.25, 0.3) is 0 Å². The van der Waals surface area contributed by atoms with Crippen molar-refractivity contribution in [3.63, 3.8) is 0 Å². The lowest BCUT2D eigenvalue weighted by Gasteiger charge is -2.14. The van der Waals surface area contributed by atoms with Crippen LogP contribution in [0.15, 0.2) is 60.9 Å². The molecule has 0 saturated carbocycles. The fourth-order valence-electron chi connectivity index (χ4n) is 2.89. The normalized spacial score (nSPS) is 10.2. The third-order valence-corrected chi connectivity index (χ3v) is 4.46. The molecule has 0 atom stereocenters. The van der Waals surface area contributed by atoms with E-state index in [1.807, 2.05) is 30.3 Å². The Balaban J connectivity index is 1.80. The second kappa shape index (κ2) is 11.2. The molecule has 3 rings (SSSR count). The highest BCUT2D eigenvalue weighted by Crippen LogP contribution is 2.24. The van der Waals surface area contributed by atoms with Crippen molar-refractivity contribution in [2.75, 3.05) is 22.5 Å². The number of nitrogens with one attached hydrogen (secondary N) is 4. The number of amides is 3. The number of carboxylic acid groups (broad SMARTS) is 1. The van der Waals surface area contributed by atoms with Crippen molar-refractivity contribution in [1.29, 1.82) is 0 Å². The molecule has 3 amide bonds. The van der Waals surface area contributed by atoms with Crippen LogP contribution in [0.3, 0.4) is 0 Å². The average Bonchev–Trinajstić information content (AvgIpc) is 2.79. The largest absolute Gasteiger partial charge is 0.481 e. The van der Waals surface area contributed by atoms with Crippen LogP contribution in [-0.2, 0) is 11.2 Å². The first-order chi connectivity index (χ1) is 15.9. The van der Waals surface area contributed by atoms with E-state index in [2.05, 4.69) is 31.2 Å². The summed E-state index contributed by atoms with van der Waals surface area (Å²) in [5, 5.41) is 20.0. The van der Waals surface area contributed by atoms with E-state index in [1.54, 1.807) is 25.1 Å². The Labute approximate surface area is 190 Å². The predicted molar refractivity (Wildman–Crippen MR) is 125 cm³/mol. The molecule has 2 aromatic heterocycles. The van der Waals surface area contributed by atoms with E-state index < -0.39 is 17.9 Å². The van der Waals surface area contributed by atoms with Gasteiger partial charge in [-0.05, 0) is 31.2 Å². The van der Waals surface area contributed by atoms with Gasteiger partial charge in [0.15, 0.2) is 0 Å². The lowest BCUT2D eigenvalue weighted by atomic mass is 10.2. The molecule has 1 aromatic carbocycles. The molecule has 0 fully saturated rings. The molecule has 170 valence electrons. The van der Waals surface area contributed by atoms with Crippen LogP contribution < -0.4 is 21.3 Å². The number of carbonyl (C=O) groups is 3. The molecule has 0 unspecified atom stereocenters. The summed E-state index contributed by atoms with van der Waals surface area (Å²) in [4.78, 5) is 43.9. The van der Waals surface area contributed by atoms with E-state index in [0.29, 0.717) is 30.0 Å². The number of carbonyl (C=O) groups excluding carboxylic acids is 2. The summed E-state index contributed by atoms with van der Waals surface area (Å²) >= 11 is 0. The number of aliphatic carboxylic acids is 1. The number of anilines is 4. The van der Waals surface area contributed by atoms with Gasteiger partial charge in [0.2, 0.25) is 0 Å². The Morgan fingerprint density at radius 3 is 2.39 bits per heavy atom. The van der Waals surface area contributed by atoms with Gasteiger partial charge in [-0.1, -0.05) is 18.2 Å². The number of rotatable bonds is 9. The van der Waals surface area contributed by atoms with Crippen molar-refractivity contribution in [1.82, 2.24) is 15.3 Å². The molecule has 33 heavy (non-hydrogen) atoms. The third kappa shape index (κ3) is 7.03. The van der Waals surface area contributed by atoms with Gasteiger partial charge in [-0.25, -0.2) is 9.78 Å². The highest BCUT2D eigenvalue weighted by atomic mass is 16.4. The summed E-state index contributed by atoms with van der Waals surface area (Å²) in [5.41, 5.74) is 2.53. The first-order valence-corrected chi connectivity index (χ1v) is 10.3. The lowest BCUT2D eigenvalue weighted by molar-refractivity contribution is -0.136. The fourth-order valence-corrected chi connectivity index (χ4v) is 2.89. The molecule has 0 aliphatic carbocycles. The number of hydrogen-bond donors (Lipinski definition) is 5. The van der Waals surface area contributed by atoms with Crippen molar-refractivity contribution in [2.24, 2.45) is 0 Å². The molecular weight excluding hydrogens is 424 g/mol. The fraction of sp³-hybridized carbons (Fsp3) is 0.174. The van der Waals surface area contributed by atoms with E-state index >= 15 is 0 Å². The summed E-state index contributed by atoms with van der Waals surface area (Å²) in [7, 11) is 0. The minimum Gasteiger partial charge on any atom is -0.481 e. The second-order valence-corrected chi connectivity index (χ2v) is 6.98. The van der Waals surface area contributed by atoms with Gasteiger partial charge in [-0.2, -0.15) is 0 Å². The monoisotopic (exact) mass is 448 g/mol. The maximum atomic E-state index is 13.0. The summed E-state index contributed by atoms with van der Waals surface area (Å²) < 4.78 is 0. The SMILES string of the molecule is CCNC(=O)Nc1cc(Nc2ccccc2)c(C(=O)Nc2ccc(CCC(=O)O)nc2)cn1. The molecule has 0 spiro atoms. The van der Waals surface area contributed by atoms with Gasteiger partial charge in [0.25, 0.3) is 5.91 Å². The quantitative estimate of drug-likeness (QED) is 0.336. The molecule has 0 aliphatic rings. The number of benzene rings is 1. The number of carboxylic acids is 1. The molecular formula is C23H24N6O4. The van der Waals surface area contributed by atoms with Gasteiger partial charge in [-0.3, -0.25) is 19.9 Å². The highest BCUT2D eigenvalue weighted by molar-refractivity contribution is 6.08. The van der Waals surface area contributed by atoms with E-state index in [0.717, 1.165) is 5.69 Å². The van der Waals surface area contributed by atoms with E-state index in [-0.39, 0.29) is 17.8 Å². The standard InChI is InChI=1S/C23H24N6O4/c1-2-24-23(33)29-20-12-19(27-16-6-4-3-5-7-16)18(14-26-20)22(32)28-17-9-8-15(25-13-17)10-11-21(30)31/h3-9,12-14H,2,10-11H2,1H3,(H,28,32)(H,30,31)(H3,24,26,27,29,33). The molecule has 0 saturated heterocycles. The second-order valence-electron chi connectivity index (χ2n) is 6.98. The Hall–Kier alpha value is -4.47. The number of urea groups is 1. The van der Waals surface area contributed by atoms with Crippen molar-refractivity contribution in [2.45, 2.75) is 19.8 Å². The zero-order chi connectivity index (χ0) is 23.6. The summed E-state index contributed by atoms with van der Waals surface area (Å²) in [5.74, 6) is -1.05. The predicted octanol–water partition coefficient (Wildman–Crippen LogP) is 3.63. The van der Waals surface area contributed by atoms with Gasteiger partial charge in [0.05, 0.1) is 29.6 Å². The van der Waals surface area contributed by atoms with Crippen molar-refractivity contribution in [3.05, 3.63) is 72.2 Å². The van der Waals surface area contributed by atoms with Crippen LogP contribution in [0.1, 0.15) is 29.4 Å². The molecule has 5 N–H and O–H groups in total. The topological polar surface area (TPSA) is 145 Å². The maximum absolute atomic E-state index is 13.0. The van der Waals surface area contributed by atoms with Crippen LogP contribution in [0, 0.1) is 0 Å². The Bertz CT molecular complexity index is 1120. The van der Waals surface area contributed by atoms with E-state index in [9.17, 15) is 14.4 Å². The zero-order valence-electron chi connectivity index (χ0n) is 18.0. The summed E-state index contributed by atoms with van der Waals surface area (Å²) in [6.45, 7) is 2.26. The number of nitrogens with zero attached hydrogens (tertiary/aromatic N) is 2. The smallest absolute Gasteiger partial charge is 0.320 e. The number of aromatic nitrogens is 2. The van der Waals surface area contributed by atoms with Gasteiger partial charge < -0.3 is 21.1 Å². The third-order valence-electron chi connectivity index (χ3n) is 4.46. The van der Waals surface area contributed by atoms with E-state index in [1.165, 1.54) is 12.4 Å². The van der Waals surface area contributed by atoms with E-state index in [4.69, 9.17) is 5.11 Å². The van der Waals surface area contributed by atoms with Crippen molar-refractivity contribution in [3.8, 4) is 0 Å². The Morgan fingerprint density at radius 1 is 0.939 bits per heavy atom. The minimum atomic E-state index is -0.898. The number of aryl methyl sites for hydroxylation is 1. The minimum absolute atomic E-state index is 0.0183. The van der Waals surface area contributed by atoms with Gasteiger partial charge in [0, 0.05) is 36.6 Å². The van der Waals surface area contributed by atoms with Crippen molar-refractivity contribution >= 4 is 40.8 Å². The Morgan fingerprint density at radius 2 is 1.73 bits per heavy atom. The number of hydrogen-bond acceptors (Lipinski definition) is 6. The van der Waals surface area contributed by atoms with Gasteiger partial charge in [-0.15, -0.1) is 0 Å². The molecule has 2 heterocycles. The van der Waals surface area contributed by atoms with Crippen molar-refractivity contribution < 1.29 is 19.5 Å². The molecule has 0 bridgehead atoms. The van der Waals surface area contributed by atoms with Gasteiger partial charge in [0.1, 0.15) is 5.82 Å². The maximum Gasteiger partial charge on any atom is 0.320 e. The first-order valence-electron chi connectivity index (χ1n) is 10.3.